The van der Waals surface area contributed by atoms with E-state index in [1.807, 2.05) is 30.3 Å². The maximum Gasteiger partial charge on any atom is 0.105 e. The summed E-state index contributed by atoms with van der Waals surface area (Å²) >= 11 is 12.7. The number of halogens is 3. The van der Waals surface area contributed by atoms with Crippen molar-refractivity contribution < 1.29 is 5.11 Å². The molecule has 2 rings (SSSR count). The molecular formula is C13H9Br2ClO. The van der Waals surface area contributed by atoms with E-state index < -0.39 is 6.10 Å². The molecule has 17 heavy (non-hydrogen) atoms. The van der Waals surface area contributed by atoms with Crippen LogP contribution in [-0.2, 0) is 0 Å². The van der Waals surface area contributed by atoms with Crippen molar-refractivity contribution in [3.05, 3.63) is 67.6 Å². The van der Waals surface area contributed by atoms with Crippen LogP contribution in [0.25, 0.3) is 0 Å². The van der Waals surface area contributed by atoms with E-state index in [-0.39, 0.29) is 0 Å². The molecule has 0 spiro atoms. The highest BCUT2D eigenvalue weighted by Crippen LogP contribution is 2.31. The van der Waals surface area contributed by atoms with Gasteiger partial charge < -0.3 is 5.11 Å². The van der Waals surface area contributed by atoms with Crippen LogP contribution in [-0.4, -0.2) is 5.11 Å². The first-order valence-corrected chi connectivity index (χ1v) is 6.93. The van der Waals surface area contributed by atoms with Gasteiger partial charge in [-0.1, -0.05) is 61.7 Å². The molecule has 0 heterocycles. The van der Waals surface area contributed by atoms with E-state index in [0.717, 1.165) is 20.1 Å². The normalized spacial score (nSPS) is 12.5. The first-order chi connectivity index (χ1) is 8.08. The highest BCUT2D eigenvalue weighted by molar-refractivity contribution is 9.11. The van der Waals surface area contributed by atoms with Crippen LogP contribution in [0.15, 0.2) is 51.4 Å². The van der Waals surface area contributed by atoms with Crippen molar-refractivity contribution in [3.8, 4) is 0 Å². The molecule has 0 aromatic heterocycles. The molecule has 0 bridgehead atoms. The topological polar surface area (TPSA) is 20.2 Å². The molecule has 1 atom stereocenters. The summed E-state index contributed by atoms with van der Waals surface area (Å²) in [5.74, 6) is 0. The minimum absolute atomic E-state index is 0.620. The Hall–Kier alpha value is -0.350. The van der Waals surface area contributed by atoms with E-state index in [1.165, 1.54) is 0 Å². The molecular weight excluding hydrogens is 367 g/mol. The van der Waals surface area contributed by atoms with Crippen LogP contribution < -0.4 is 0 Å². The molecule has 0 aliphatic rings. The van der Waals surface area contributed by atoms with Gasteiger partial charge in [0, 0.05) is 14.0 Å². The van der Waals surface area contributed by atoms with Crippen molar-refractivity contribution in [1.82, 2.24) is 0 Å². The van der Waals surface area contributed by atoms with Crippen molar-refractivity contribution in [2.24, 2.45) is 0 Å². The number of aliphatic hydroxyl groups is 1. The Bertz CT molecular complexity index is 543. The lowest BCUT2D eigenvalue weighted by atomic mass is 10.0. The fraction of sp³-hybridized carbons (Fsp3) is 0.0769. The molecule has 1 unspecified atom stereocenters. The SMILES string of the molecule is OC(c1cccc(Cl)c1)c1ccc(Br)cc1Br. The Balaban J connectivity index is 2.40. The summed E-state index contributed by atoms with van der Waals surface area (Å²) in [5.41, 5.74) is 1.59. The molecule has 0 saturated carbocycles. The third kappa shape index (κ3) is 3.10. The highest BCUT2D eigenvalue weighted by Gasteiger charge is 2.13. The Morgan fingerprint density at radius 2 is 1.82 bits per heavy atom. The molecule has 1 nitrogen and oxygen atoms in total. The van der Waals surface area contributed by atoms with Gasteiger partial charge in [-0.25, -0.2) is 0 Å². The number of benzene rings is 2. The zero-order valence-corrected chi connectivity index (χ0v) is 12.6. The quantitative estimate of drug-likeness (QED) is 0.787. The van der Waals surface area contributed by atoms with Gasteiger partial charge in [-0.3, -0.25) is 0 Å². The van der Waals surface area contributed by atoms with Crippen LogP contribution in [0.5, 0.6) is 0 Å². The lowest BCUT2D eigenvalue weighted by molar-refractivity contribution is 0.219. The van der Waals surface area contributed by atoms with Crippen molar-refractivity contribution in [3.63, 3.8) is 0 Å². The molecule has 0 saturated heterocycles. The van der Waals surface area contributed by atoms with E-state index in [0.29, 0.717) is 5.02 Å². The molecule has 0 aliphatic carbocycles. The molecule has 2 aromatic carbocycles. The third-order valence-electron chi connectivity index (χ3n) is 2.42. The zero-order valence-electron chi connectivity index (χ0n) is 8.70. The van der Waals surface area contributed by atoms with Gasteiger partial charge in [0.05, 0.1) is 0 Å². The van der Waals surface area contributed by atoms with Gasteiger partial charge in [0.15, 0.2) is 0 Å². The average molecular weight is 376 g/mol. The second kappa shape index (κ2) is 5.53. The zero-order chi connectivity index (χ0) is 12.4. The molecule has 0 fully saturated rings. The molecule has 2 aromatic rings. The Morgan fingerprint density at radius 3 is 2.47 bits per heavy atom. The Kier molecular flexibility index (Phi) is 4.26. The third-order valence-corrected chi connectivity index (χ3v) is 3.84. The van der Waals surface area contributed by atoms with Crippen molar-refractivity contribution in [1.29, 1.82) is 0 Å². The number of hydrogen-bond donors (Lipinski definition) is 1. The maximum absolute atomic E-state index is 10.3. The van der Waals surface area contributed by atoms with E-state index in [2.05, 4.69) is 31.9 Å². The number of aliphatic hydroxyl groups excluding tert-OH is 1. The Labute approximate surface area is 122 Å². The molecule has 0 aliphatic heterocycles. The van der Waals surface area contributed by atoms with Gasteiger partial charge in [0.2, 0.25) is 0 Å². The van der Waals surface area contributed by atoms with E-state index >= 15 is 0 Å². The summed E-state index contributed by atoms with van der Waals surface area (Å²) in [5, 5.41) is 10.9. The molecule has 0 radical (unpaired) electrons. The van der Waals surface area contributed by atoms with Crippen molar-refractivity contribution in [2.45, 2.75) is 6.10 Å². The van der Waals surface area contributed by atoms with Gasteiger partial charge in [0.25, 0.3) is 0 Å². The summed E-state index contributed by atoms with van der Waals surface area (Å²) in [6.45, 7) is 0. The van der Waals surface area contributed by atoms with Crippen LogP contribution in [0.1, 0.15) is 17.2 Å². The minimum Gasteiger partial charge on any atom is -0.384 e. The van der Waals surface area contributed by atoms with E-state index in [4.69, 9.17) is 11.6 Å². The van der Waals surface area contributed by atoms with Crippen molar-refractivity contribution in [2.75, 3.05) is 0 Å². The monoisotopic (exact) mass is 374 g/mol. The molecule has 0 amide bonds. The average Bonchev–Trinajstić information content (AvgIpc) is 2.28. The first-order valence-electron chi connectivity index (χ1n) is 4.96. The largest absolute Gasteiger partial charge is 0.384 e. The number of rotatable bonds is 2. The van der Waals surface area contributed by atoms with Gasteiger partial charge in [0.1, 0.15) is 6.10 Å². The van der Waals surface area contributed by atoms with E-state index in [9.17, 15) is 5.11 Å². The second-order valence-electron chi connectivity index (χ2n) is 3.62. The van der Waals surface area contributed by atoms with Crippen LogP contribution in [0.2, 0.25) is 5.02 Å². The predicted octanol–water partition coefficient (Wildman–Crippen LogP) is 4.95. The van der Waals surface area contributed by atoms with Crippen LogP contribution >= 0.6 is 43.5 Å². The lowest BCUT2D eigenvalue weighted by Crippen LogP contribution is -2.00. The fourth-order valence-corrected chi connectivity index (χ4v) is 3.04. The summed E-state index contributed by atoms with van der Waals surface area (Å²) in [6, 6.07) is 12.9. The van der Waals surface area contributed by atoms with Crippen LogP contribution in [0.4, 0.5) is 0 Å². The summed E-state index contributed by atoms with van der Waals surface area (Å²) in [7, 11) is 0. The standard InChI is InChI=1S/C13H9Br2ClO/c14-9-4-5-11(12(15)7-9)13(17)8-2-1-3-10(16)6-8/h1-7,13,17H. The van der Waals surface area contributed by atoms with Gasteiger partial charge in [-0.05, 0) is 35.4 Å². The lowest BCUT2D eigenvalue weighted by Gasteiger charge is -2.13. The van der Waals surface area contributed by atoms with Crippen LogP contribution in [0.3, 0.4) is 0 Å². The number of hydrogen-bond acceptors (Lipinski definition) is 1. The highest BCUT2D eigenvalue weighted by atomic mass is 79.9. The molecule has 4 heteroatoms. The molecule has 88 valence electrons. The Morgan fingerprint density at radius 1 is 1.06 bits per heavy atom. The van der Waals surface area contributed by atoms with Gasteiger partial charge in [-0.15, -0.1) is 0 Å². The van der Waals surface area contributed by atoms with Crippen molar-refractivity contribution >= 4 is 43.5 Å². The van der Waals surface area contributed by atoms with Crippen LogP contribution in [0, 0.1) is 0 Å². The summed E-state index contributed by atoms with van der Waals surface area (Å²) < 4.78 is 1.82. The summed E-state index contributed by atoms with van der Waals surface area (Å²) in [6.07, 6.45) is -0.684. The van der Waals surface area contributed by atoms with E-state index in [1.54, 1.807) is 12.1 Å². The maximum atomic E-state index is 10.3. The predicted molar refractivity (Wildman–Crippen MR) is 77.4 cm³/mol. The second-order valence-corrected chi connectivity index (χ2v) is 5.83. The van der Waals surface area contributed by atoms with Gasteiger partial charge in [-0.2, -0.15) is 0 Å². The fourth-order valence-electron chi connectivity index (χ4n) is 1.58. The smallest absolute Gasteiger partial charge is 0.105 e. The molecule has 1 N–H and O–H groups in total. The summed E-state index contributed by atoms with van der Waals surface area (Å²) in [4.78, 5) is 0. The minimum atomic E-state index is -0.684. The first kappa shape index (κ1) is 13.1. The van der Waals surface area contributed by atoms with Gasteiger partial charge >= 0.3 is 0 Å².